The van der Waals surface area contributed by atoms with Crippen LogP contribution in [-0.2, 0) is 52.4 Å². The Morgan fingerprint density at radius 2 is 1.59 bits per heavy atom. The first-order valence-electron chi connectivity index (χ1n) is 10.0. The second kappa shape index (κ2) is 12.8. The maximum Gasteiger partial charge on any atom is 0.309 e. The Morgan fingerprint density at radius 1 is 1.00 bits per heavy atom. The van der Waals surface area contributed by atoms with E-state index in [2.05, 4.69) is 0 Å². The number of carbonyl (C=O) groups is 5. The van der Waals surface area contributed by atoms with E-state index in [4.69, 9.17) is 28.4 Å². The van der Waals surface area contributed by atoms with Crippen molar-refractivity contribution < 1.29 is 52.4 Å². The summed E-state index contributed by atoms with van der Waals surface area (Å²) in [5, 5.41) is 0. The van der Waals surface area contributed by atoms with Crippen molar-refractivity contribution in [2.75, 3.05) is 7.11 Å². The van der Waals surface area contributed by atoms with Crippen molar-refractivity contribution in [1.82, 2.24) is 0 Å². The van der Waals surface area contributed by atoms with Gasteiger partial charge in [0.2, 0.25) is 0 Å². The molecule has 32 heavy (non-hydrogen) atoms. The van der Waals surface area contributed by atoms with Crippen LogP contribution in [0.3, 0.4) is 0 Å². The van der Waals surface area contributed by atoms with Crippen molar-refractivity contribution in [3.8, 4) is 0 Å². The molecule has 11 heteroatoms. The molecule has 0 spiro atoms. The van der Waals surface area contributed by atoms with Crippen molar-refractivity contribution in [2.45, 2.75) is 84.1 Å². The van der Waals surface area contributed by atoms with Crippen LogP contribution in [0.1, 0.15) is 47.5 Å². The van der Waals surface area contributed by atoms with Gasteiger partial charge in [-0.2, -0.15) is 0 Å². The van der Waals surface area contributed by atoms with E-state index < -0.39 is 66.5 Å². The van der Waals surface area contributed by atoms with Crippen molar-refractivity contribution in [3.63, 3.8) is 0 Å². The highest BCUT2D eigenvalue weighted by Gasteiger charge is 2.40. The van der Waals surface area contributed by atoms with Crippen LogP contribution < -0.4 is 0 Å². The van der Waals surface area contributed by atoms with Gasteiger partial charge in [-0.05, 0) is 19.1 Å². The number of esters is 5. The van der Waals surface area contributed by atoms with E-state index in [1.54, 1.807) is 0 Å². The molecule has 1 heterocycles. The molecule has 6 atom stereocenters. The van der Waals surface area contributed by atoms with E-state index in [-0.39, 0.29) is 12.8 Å². The summed E-state index contributed by atoms with van der Waals surface area (Å²) in [5.41, 5.74) is 0. The quantitative estimate of drug-likeness (QED) is 0.263. The SMILES string of the molecule is CO[C@@H]1CC(=O)O[C@@H](/C=C/[C@H](C[C@@H](OC(C)=O)[C@H](C)OC(C)=O)OC(C)=O)[C@H]1OC(C)=O. The molecule has 1 saturated heterocycles. The van der Waals surface area contributed by atoms with Gasteiger partial charge in [-0.15, -0.1) is 0 Å². The minimum atomic E-state index is -0.999. The van der Waals surface area contributed by atoms with Crippen molar-refractivity contribution in [2.24, 2.45) is 0 Å². The van der Waals surface area contributed by atoms with Crippen LogP contribution >= 0.6 is 0 Å². The van der Waals surface area contributed by atoms with Crippen LogP contribution in [0.25, 0.3) is 0 Å². The molecule has 0 aromatic heterocycles. The smallest absolute Gasteiger partial charge is 0.309 e. The fourth-order valence-corrected chi connectivity index (χ4v) is 3.19. The minimum Gasteiger partial charge on any atom is -0.459 e. The number of carbonyl (C=O) groups excluding carboxylic acids is 5. The van der Waals surface area contributed by atoms with E-state index in [0.717, 1.165) is 0 Å². The summed E-state index contributed by atoms with van der Waals surface area (Å²) in [7, 11) is 1.38. The number of rotatable bonds is 10. The lowest BCUT2D eigenvalue weighted by atomic mass is 9.99. The van der Waals surface area contributed by atoms with Gasteiger partial charge in [-0.1, -0.05) is 0 Å². The molecule has 0 aliphatic carbocycles. The standard InChI is InChI=1S/C21H30O11/c1-11(28-12(2)22)18(30-14(4)24)9-16(29-13(3)23)7-8-17-21(31-15(5)25)19(27-6)10-20(26)32-17/h7-8,11,16-19,21H,9-10H2,1-6H3/b8-7+/t11-,16+,17-,18+,19+,21+/m0/s1. The van der Waals surface area contributed by atoms with Crippen molar-refractivity contribution in [1.29, 1.82) is 0 Å². The lowest BCUT2D eigenvalue weighted by Crippen LogP contribution is -2.49. The Labute approximate surface area is 186 Å². The summed E-state index contributed by atoms with van der Waals surface area (Å²) < 4.78 is 31.4. The van der Waals surface area contributed by atoms with Crippen molar-refractivity contribution in [3.05, 3.63) is 12.2 Å². The third kappa shape index (κ3) is 9.46. The molecule has 0 unspecified atom stereocenters. The van der Waals surface area contributed by atoms with E-state index in [0.29, 0.717) is 0 Å². The maximum absolute atomic E-state index is 11.9. The lowest BCUT2D eigenvalue weighted by molar-refractivity contribution is -0.189. The predicted molar refractivity (Wildman–Crippen MR) is 107 cm³/mol. The summed E-state index contributed by atoms with van der Waals surface area (Å²) in [5.74, 6) is -2.94. The highest BCUT2D eigenvalue weighted by Crippen LogP contribution is 2.24. The second-order valence-corrected chi connectivity index (χ2v) is 7.24. The minimum absolute atomic E-state index is 0.0449. The molecule has 0 N–H and O–H groups in total. The summed E-state index contributed by atoms with van der Waals surface area (Å²) in [6.45, 7) is 6.35. The molecule has 1 fully saturated rings. The Morgan fingerprint density at radius 3 is 2.09 bits per heavy atom. The fraction of sp³-hybridized carbons (Fsp3) is 0.667. The van der Waals surface area contributed by atoms with Gasteiger partial charge in [0, 0.05) is 41.2 Å². The zero-order valence-electron chi connectivity index (χ0n) is 19.0. The molecule has 11 nitrogen and oxygen atoms in total. The van der Waals surface area contributed by atoms with Gasteiger partial charge in [0.1, 0.15) is 24.4 Å². The average molecular weight is 458 g/mol. The van der Waals surface area contributed by atoms with E-state index in [1.165, 1.54) is 53.9 Å². The number of methoxy groups -OCH3 is 1. The first kappa shape index (κ1) is 27.1. The third-order valence-electron chi connectivity index (χ3n) is 4.42. The van der Waals surface area contributed by atoms with Gasteiger partial charge in [0.05, 0.1) is 6.42 Å². The van der Waals surface area contributed by atoms with Gasteiger partial charge in [-0.25, -0.2) is 0 Å². The molecule has 0 aromatic carbocycles. The maximum atomic E-state index is 11.9. The summed E-state index contributed by atoms with van der Waals surface area (Å²) in [6.07, 6.45) is -2.62. The molecule has 0 amide bonds. The Bertz CT molecular complexity index is 729. The molecule has 0 saturated carbocycles. The summed E-state index contributed by atoms with van der Waals surface area (Å²) in [4.78, 5) is 57.8. The van der Waals surface area contributed by atoms with Crippen LogP contribution in [0.15, 0.2) is 12.2 Å². The Hall–Kier alpha value is -2.95. The number of hydrogen-bond acceptors (Lipinski definition) is 11. The third-order valence-corrected chi connectivity index (χ3v) is 4.42. The van der Waals surface area contributed by atoms with Gasteiger partial charge in [-0.3, -0.25) is 24.0 Å². The van der Waals surface area contributed by atoms with Crippen LogP contribution in [0.2, 0.25) is 0 Å². The van der Waals surface area contributed by atoms with Gasteiger partial charge in [0.25, 0.3) is 0 Å². The molecule has 180 valence electrons. The fourth-order valence-electron chi connectivity index (χ4n) is 3.19. The highest BCUT2D eigenvalue weighted by atomic mass is 16.6. The molecular weight excluding hydrogens is 428 g/mol. The van der Waals surface area contributed by atoms with Crippen LogP contribution in [-0.4, -0.2) is 73.6 Å². The monoisotopic (exact) mass is 458 g/mol. The first-order chi connectivity index (χ1) is 14.9. The van der Waals surface area contributed by atoms with Gasteiger partial charge in [0.15, 0.2) is 12.2 Å². The Kier molecular flexibility index (Phi) is 10.8. The first-order valence-corrected chi connectivity index (χ1v) is 10.0. The second-order valence-electron chi connectivity index (χ2n) is 7.24. The molecular formula is C21H30O11. The largest absolute Gasteiger partial charge is 0.459 e. The Balaban J connectivity index is 3.11. The molecule has 1 rings (SSSR count). The zero-order chi connectivity index (χ0) is 24.4. The molecule has 1 aliphatic heterocycles. The number of cyclic esters (lactones) is 1. The summed E-state index contributed by atoms with van der Waals surface area (Å²) >= 11 is 0. The molecule has 0 radical (unpaired) electrons. The average Bonchev–Trinajstić information content (AvgIpc) is 2.65. The molecule has 1 aliphatic rings. The van der Waals surface area contributed by atoms with Gasteiger partial charge >= 0.3 is 29.8 Å². The molecule has 0 bridgehead atoms. The number of hydrogen-bond donors (Lipinski definition) is 0. The predicted octanol–water partition coefficient (Wildman–Crippen LogP) is 1.01. The van der Waals surface area contributed by atoms with E-state index in [1.807, 2.05) is 0 Å². The van der Waals surface area contributed by atoms with Gasteiger partial charge < -0.3 is 28.4 Å². The zero-order valence-corrected chi connectivity index (χ0v) is 19.0. The van der Waals surface area contributed by atoms with Crippen LogP contribution in [0, 0.1) is 0 Å². The molecule has 0 aromatic rings. The van der Waals surface area contributed by atoms with E-state index >= 15 is 0 Å². The topological polar surface area (TPSA) is 141 Å². The van der Waals surface area contributed by atoms with Crippen LogP contribution in [0.4, 0.5) is 0 Å². The van der Waals surface area contributed by atoms with E-state index in [9.17, 15) is 24.0 Å². The number of ether oxygens (including phenoxy) is 6. The highest BCUT2D eigenvalue weighted by molar-refractivity contribution is 5.72. The lowest BCUT2D eigenvalue weighted by Gasteiger charge is -2.34. The van der Waals surface area contributed by atoms with Crippen LogP contribution in [0.5, 0.6) is 0 Å². The summed E-state index contributed by atoms with van der Waals surface area (Å²) in [6, 6.07) is 0. The normalized spacial score (nSPS) is 23.4. The van der Waals surface area contributed by atoms with Crippen molar-refractivity contribution >= 4 is 29.8 Å².